The molecule has 0 bridgehead atoms. The minimum absolute atomic E-state index is 0.103. The summed E-state index contributed by atoms with van der Waals surface area (Å²) in [5.41, 5.74) is 2.30. The molecule has 6 nitrogen and oxygen atoms in total. The highest BCUT2D eigenvalue weighted by atomic mass is 28.3. The summed E-state index contributed by atoms with van der Waals surface area (Å²) in [5.74, 6) is -1.54. The zero-order chi connectivity index (χ0) is 28.1. The van der Waals surface area contributed by atoms with E-state index in [2.05, 4.69) is 62.8 Å². The molecule has 3 aromatic rings. The second kappa shape index (κ2) is 11.9. The van der Waals surface area contributed by atoms with E-state index < -0.39 is 34.2 Å². The van der Waals surface area contributed by atoms with E-state index in [-0.39, 0.29) is 18.1 Å². The number of ether oxygens (including phenoxy) is 2. The van der Waals surface area contributed by atoms with Crippen LogP contribution in [-0.4, -0.2) is 40.1 Å². The molecule has 1 unspecified atom stereocenters. The number of amides is 1. The summed E-state index contributed by atoms with van der Waals surface area (Å²) < 4.78 is 10.5. The Kier molecular flexibility index (Phi) is 9.11. The van der Waals surface area contributed by atoms with Crippen molar-refractivity contribution in [2.45, 2.75) is 58.9 Å². The van der Waals surface area contributed by atoms with E-state index >= 15 is 0 Å². The van der Waals surface area contributed by atoms with Crippen LogP contribution in [0.4, 0.5) is 5.69 Å². The number of esters is 2. The summed E-state index contributed by atoms with van der Waals surface area (Å²) in [7, 11) is -3.17. The molecule has 0 radical (unpaired) electrons. The molecule has 0 saturated carbocycles. The van der Waals surface area contributed by atoms with Crippen molar-refractivity contribution in [3.63, 3.8) is 0 Å². The van der Waals surface area contributed by atoms with Gasteiger partial charge in [0, 0.05) is 11.3 Å². The van der Waals surface area contributed by atoms with Gasteiger partial charge in [0.05, 0.1) is 21.7 Å². The van der Waals surface area contributed by atoms with Crippen molar-refractivity contribution in [3.05, 3.63) is 89.5 Å². The fraction of sp³-hybridized carbons (Fsp3) is 0.300. The van der Waals surface area contributed by atoms with Crippen LogP contribution in [0.15, 0.2) is 72.8 Å². The number of hydrogen-bond donors (Lipinski definition) is 1. The van der Waals surface area contributed by atoms with E-state index in [1.54, 1.807) is 12.1 Å². The van der Waals surface area contributed by atoms with E-state index in [1.807, 2.05) is 30.3 Å². The van der Waals surface area contributed by atoms with Crippen molar-refractivity contribution in [3.8, 4) is 0 Å². The van der Waals surface area contributed by atoms with Gasteiger partial charge in [0.15, 0.2) is 6.10 Å². The summed E-state index contributed by atoms with van der Waals surface area (Å²) in [5, 5.41) is 5.65. The SMILES string of the molecule is CC(OC(=O)c1ccc(C(=O)Nc2cc([Si](C)(C)C)cc([Si](C)(C)C)c2)cc1)C(=O)OCc1ccccc1. The second-order valence-corrected chi connectivity index (χ2v) is 21.6. The highest BCUT2D eigenvalue weighted by Crippen LogP contribution is 2.15. The van der Waals surface area contributed by atoms with E-state index in [0.717, 1.165) is 11.3 Å². The van der Waals surface area contributed by atoms with Crippen molar-refractivity contribution in [1.82, 2.24) is 0 Å². The Bertz CT molecular complexity index is 1260. The first-order valence-corrected chi connectivity index (χ1v) is 19.7. The smallest absolute Gasteiger partial charge is 0.347 e. The summed E-state index contributed by atoms with van der Waals surface area (Å²) >= 11 is 0. The average molecular weight is 548 g/mol. The number of rotatable bonds is 9. The van der Waals surface area contributed by atoms with Crippen LogP contribution in [0.1, 0.15) is 33.2 Å². The van der Waals surface area contributed by atoms with E-state index in [9.17, 15) is 14.4 Å². The van der Waals surface area contributed by atoms with Crippen molar-refractivity contribution >= 4 is 50.1 Å². The zero-order valence-electron chi connectivity index (χ0n) is 23.3. The maximum Gasteiger partial charge on any atom is 0.347 e. The van der Waals surface area contributed by atoms with Crippen molar-refractivity contribution in [1.29, 1.82) is 0 Å². The normalized spacial score (nSPS) is 12.4. The third-order valence-electron chi connectivity index (χ3n) is 6.15. The number of nitrogens with one attached hydrogen (secondary N) is 1. The van der Waals surface area contributed by atoms with E-state index in [1.165, 1.54) is 29.4 Å². The molecule has 3 aromatic carbocycles. The topological polar surface area (TPSA) is 81.7 Å². The van der Waals surface area contributed by atoms with E-state index in [4.69, 9.17) is 9.47 Å². The zero-order valence-corrected chi connectivity index (χ0v) is 25.3. The standard InChI is InChI=1S/C30H37NO5Si2/c1-21(29(33)35-20-22-11-9-8-10-12-22)36-30(34)24-15-13-23(14-16-24)28(32)31-25-17-26(37(2,3)4)19-27(18-25)38(5,6)7/h8-19,21H,20H2,1-7H3,(H,31,32). The molecule has 200 valence electrons. The first-order chi connectivity index (χ1) is 17.7. The van der Waals surface area contributed by atoms with Crippen LogP contribution in [0.2, 0.25) is 39.3 Å². The van der Waals surface area contributed by atoms with Crippen LogP contribution in [0, 0.1) is 0 Å². The molecule has 1 amide bonds. The molecule has 0 saturated heterocycles. The highest BCUT2D eigenvalue weighted by Gasteiger charge is 2.24. The van der Waals surface area contributed by atoms with Crippen LogP contribution < -0.4 is 15.7 Å². The van der Waals surface area contributed by atoms with Gasteiger partial charge in [-0.3, -0.25) is 4.79 Å². The quantitative estimate of drug-likeness (QED) is 0.290. The Morgan fingerprint density at radius 1 is 0.763 bits per heavy atom. The molecule has 0 aliphatic rings. The molecular weight excluding hydrogens is 511 g/mol. The van der Waals surface area contributed by atoms with Gasteiger partial charge in [0.2, 0.25) is 0 Å². The minimum atomic E-state index is -1.58. The van der Waals surface area contributed by atoms with Crippen molar-refractivity contribution < 1.29 is 23.9 Å². The van der Waals surface area contributed by atoms with Gasteiger partial charge >= 0.3 is 11.9 Å². The molecule has 0 heterocycles. The predicted octanol–water partition coefficient (Wildman–Crippen LogP) is 5.32. The first-order valence-electron chi connectivity index (χ1n) is 12.7. The second-order valence-electron chi connectivity index (χ2n) is 11.5. The molecule has 1 N–H and O–H groups in total. The Balaban J connectivity index is 1.64. The van der Waals surface area contributed by atoms with Gasteiger partial charge in [0.25, 0.3) is 5.91 Å². The molecule has 3 rings (SSSR count). The van der Waals surface area contributed by atoms with Gasteiger partial charge in [-0.15, -0.1) is 0 Å². The average Bonchev–Trinajstić information content (AvgIpc) is 2.86. The van der Waals surface area contributed by atoms with Crippen LogP contribution in [0.5, 0.6) is 0 Å². The molecule has 0 aromatic heterocycles. The fourth-order valence-electron chi connectivity index (χ4n) is 3.65. The van der Waals surface area contributed by atoms with Crippen LogP contribution in [-0.2, 0) is 20.9 Å². The molecule has 0 aliphatic heterocycles. The van der Waals surface area contributed by atoms with Gasteiger partial charge in [-0.25, -0.2) is 9.59 Å². The molecule has 8 heteroatoms. The monoisotopic (exact) mass is 547 g/mol. The van der Waals surface area contributed by atoms with Crippen LogP contribution in [0.25, 0.3) is 0 Å². The molecule has 0 fully saturated rings. The number of benzene rings is 3. The Morgan fingerprint density at radius 3 is 1.82 bits per heavy atom. The Hall–Kier alpha value is -3.50. The number of carbonyl (C=O) groups is 3. The van der Waals surface area contributed by atoms with E-state index in [0.29, 0.717) is 5.56 Å². The lowest BCUT2D eigenvalue weighted by atomic mass is 10.1. The van der Waals surface area contributed by atoms with Gasteiger partial charge < -0.3 is 14.8 Å². The van der Waals surface area contributed by atoms with Crippen molar-refractivity contribution in [2.75, 3.05) is 5.32 Å². The lowest BCUT2D eigenvalue weighted by Crippen LogP contribution is -2.45. The molecular formula is C30H37NO5Si2. The summed E-state index contributed by atoms with van der Waals surface area (Å²) in [4.78, 5) is 37.8. The predicted molar refractivity (Wildman–Crippen MR) is 158 cm³/mol. The third-order valence-corrected chi connectivity index (χ3v) is 10.2. The third kappa shape index (κ3) is 8.00. The number of hydrogen-bond acceptors (Lipinski definition) is 5. The Labute approximate surface area is 227 Å². The summed E-state index contributed by atoms with van der Waals surface area (Å²) in [6.45, 7) is 15.3. The number of carbonyl (C=O) groups excluding carboxylic acids is 3. The van der Waals surface area contributed by atoms with Crippen LogP contribution in [0.3, 0.4) is 0 Å². The highest BCUT2D eigenvalue weighted by molar-refractivity contribution is 6.91. The molecule has 0 aliphatic carbocycles. The van der Waals surface area contributed by atoms with Gasteiger partial charge in [-0.1, -0.05) is 86.1 Å². The van der Waals surface area contributed by atoms with Crippen LogP contribution >= 0.6 is 0 Å². The minimum Gasteiger partial charge on any atom is -0.458 e. The summed E-state index contributed by atoms with van der Waals surface area (Å²) in [6, 6.07) is 21.9. The number of anilines is 1. The summed E-state index contributed by atoms with van der Waals surface area (Å²) in [6.07, 6.45) is -1.06. The first kappa shape index (κ1) is 29.1. The lowest BCUT2D eigenvalue weighted by molar-refractivity contribution is -0.154. The van der Waals surface area contributed by atoms with Gasteiger partial charge in [0.1, 0.15) is 6.61 Å². The maximum absolute atomic E-state index is 13.0. The lowest BCUT2D eigenvalue weighted by Gasteiger charge is -2.24. The fourth-order valence-corrected chi connectivity index (χ4v) is 6.15. The largest absolute Gasteiger partial charge is 0.458 e. The van der Waals surface area contributed by atoms with Gasteiger partial charge in [-0.05, 0) is 48.9 Å². The maximum atomic E-state index is 13.0. The molecule has 1 atom stereocenters. The van der Waals surface area contributed by atoms with Crippen molar-refractivity contribution in [2.24, 2.45) is 0 Å². The molecule has 38 heavy (non-hydrogen) atoms. The van der Waals surface area contributed by atoms with Gasteiger partial charge in [-0.2, -0.15) is 0 Å². The Morgan fingerprint density at radius 2 is 1.29 bits per heavy atom. The molecule has 0 spiro atoms.